The molecule has 4 N–H and O–H groups in total. The van der Waals surface area contributed by atoms with Gasteiger partial charge in [-0.2, -0.15) is 0 Å². The lowest BCUT2D eigenvalue weighted by atomic mass is 10.2. The summed E-state index contributed by atoms with van der Waals surface area (Å²) in [5.41, 5.74) is 3.68. The molecule has 0 spiro atoms. The number of hydrogen-bond acceptors (Lipinski definition) is 5. The Morgan fingerprint density at radius 1 is 1.21 bits per heavy atom. The fourth-order valence-corrected chi connectivity index (χ4v) is 2.47. The minimum absolute atomic E-state index is 0.577. The van der Waals surface area contributed by atoms with E-state index in [1.165, 1.54) is 19.3 Å². The molecule has 1 fully saturated rings. The van der Waals surface area contributed by atoms with E-state index >= 15 is 0 Å². The standard InChI is InChI=1S/C14H25N5/c1-4-6-10-8-11(10)16-13-9(3)14(19-15)18-12(17-13)7-5-2/h10-11H,4-8,15H2,1-3H3,(H2,16,17,18,19). The van der Waals surface area contributed by atoms with Gasteiger partial charge in [0.2, 0.25) is 0 Å². The second kappa shape index (κ2) is 6.19. The van der Waals surface area contributed by atoms with Gasteiger partial charge < -0.3 is 10.7 Å². The van der Waals surface area contributed by atoms with Gasteiger partial charge in [-0.15, -0.1) is 0 Å². The molecule has 1 heterocycles. The Balaban J connectivity index is 2.12. The zero-order chi connectivity index (χ0) is 13.8. The van der Waals surface area contributed by atoms with Gasteiger partial charge in [0, 0.05) is 18.0 Å². The van der Waals surface area contributed by atoms with E-state index in [4.69, 9.17) is 5.84 Å². The molecule has 0 radical (unpaired) electrons. The van der Waals surface area contributed by atoms with Crippen molar-refractivity contribution in [3.8, 4) is 0 Å². The number of nitrogens with zero attached hydrogens (tertiary/aromatic N) is 2. The van der Waals surface area contributed by atoms with Crippen LogP contribution in [-0.2, 0) is 6.42 Å². The summed E-state index contributed by atoms with van der Waals surface area (Å²) in [7, 11) is 0. The van der Waals surface area contributed by atoms with Crippen molar-refractivity contribution in [3.05, 3.63) is 11.4 Å². The fraction of sp³-hybridized carbons (Fsp3) is 0.714. The van der Waals surface area contributed by atoms with Gasteiger partial charge in [0.15, 0.2) is 0 Å². The van der Waals surface area contributed by atoms with Crippen LogP contribution in [0.15, 0.2) is 0 Å². The highest BCUT2D eigenvalue weighted by atomic mass is 15.3. The molecule has 0 aromatic carbocycles. The van der Waals surface area contributed by atoms with E-state index in [0.29, 0.717) is 6.04 Å². The van der Waals surface area contributed by atoms with E-state index in [2.05, 4.69) is 34.6 Å². The van der Waals surface area contributed by atoms with E-state index in [9.17, 15) is 0 Å². The van der Waals surface area contributed by atoms with Gasteiger partial charge in [-0.25, -0.2) is 15.8 Å². The lowest BCUT2D eigenvalue weighted by Gasteiger charge is -2.13. The Morgan fingerprint density at radius 2 is 1.95 bits per heavy atom. The average Bonchev–Trinajstić information content (AvgIpc) is 3.12. The van der Waals surface area contributed by atoms with Crippen LogP contribution in [0.2, 0.25) is 0 Å². The molecular weight excluding hydrogens is 238 g/mol. The molecule has 106 valence electrons. The zero-order valence-electron chi connectivity index (χ0n) is 12.2. The summed E-state index contributed by atoms with van der Waals surface area (Å²) in [6.07, 6.45) is 5.72. The molecule has 0 bridgehead atoms. The van der Waals surface area contributed by atoms with Gasteiger partial charge in [-0.1, -0.05) is 20.3 Å². The highest BCUT2D eigenvalue weighted by Gasteiger charge is 2.36. The first-order valence-corrected chi connectivity index (χ1v) is 7.30. The first kappa shape index (κ1) is 14.1. The van der Waals surface area contributed by atoms with Crippen LogP contribution >= 0.6 is 0 Å². The van der Waals surface area contributed by atoms with E-state index in [1.807, 2.05) is 6.92 Å². The maximum Gasteiger partial charge on any atom is 0.148 e. The van der Waals surface area contributed by atoms with Crippen molar-refractivity contribution in [2.75, 3.05) is 10.7 Å². The van der Waals surface area contributed by atoms with E-state index in [0.717, 1.165) is 41.8 Å². The van der Waals surface area contributed by atoms with Crippen LogP contribution < -0.4 is 16.6 Å². The Hall–Kier alpha value is -1.36. The van der Waals surface area contributed by atoms with E-state index < -0.39 is 0 Å². The predicted molar refractivity (Wildman–Crippen MR) is 79.0 cm³/mol. The number of nitrogens with one attached hydrogen (secondary N) is 2. The van der Waals surface area contributed by atoms with Crippen molar-refractivity contribution in [2.24, 2.45) is 11.8 Å². The summed E-state index contributed by atoms with van der Waals surface area (Å²) in [4.78, 5) is 9.06. The number of hydrogen-bond donors (Lipinski definition) is 3. The van der Waals surface area contributed by atoms with Crippen molar-refractivity contribution in [2.45, 2.75) is 58.9 Å². The first-order valence-electron chi connectivity index (χ1n) is 7.30. The van der Waals surface area contributed by atoms with Crippen LogP contribution in [0.4, 0.5) is 11.6 Å². The first-order chi connectivity index (χ1) is 9.19. The Bertz CT molecular complexity index is 432. The molecule has 1 aliphatic rings. The topological polar surface area (TPSA) is 75.9 Å². The number of hydrazine groups is 1. The normalized spacial score (nSPS) is 21.3. The quantitative estimate of drug-likeness (QED) is 0.521. The van der Waals surface area contributed by atoms with Crippen molar-refractivity contribution in [1.82, 2.24) is 9.97 Å². The number of anilines is 2. The Morgan fingerprint density at radius 3 is 2.58 bits per heavy atom. The molecule has 1 saturated carbocycles. The molecule has 0 amide bonds. The van der Waals surface area contributed by atoms with E-state index in [-0.39, 0.29) is 0 Å². The average molecular weight is 263 g/mol. The largest absolute Gasteiger partial charge is 0.367 e. The van der Waals surface area contributed by atoms with Gasteiger partial charge in [-0.3, -0.25) is 0 Å². The van der Waals surface area contributed by atoms with E-state index in [1.54, 1.807) is 0 Å². The third kappa shape index (κ3) is 3.35. The number of nitrogen functional groups attached to an aromatic ring is 1. The number of aromatic nitrogens is 2. The zero-order valence-corrected chi connectivity index (χ0v) is 12.2. The van der Waals surface area contributed by atoms with Crippen LogP contribution in [0.1, 0.15) is 50.9 Å². The summed E-state index contributed by atoms with van der Waals surface area (Å²) >= 11 is 0. The Kier molecular flexibility index (Phi) is 4.58. The Labute approximate surface area is 115 Å². The molecule has 1 aliphatic carbocycles. The van der Waals surface area contributed by atoms with Crippen LogP contribution in [0, 0.1) is 12.8 Å². The van der Waals surface area contributed by atoms with Gasteiger partial charge in [0.1, 0.15) is 17.5 Å². The molecular formula is C14H25N5. The minimum Gasteiger partial charge on any atom is -0.367 e. The van der Waals surface area contributed by atoms with Crippen LogP contribution in [0.25, 0.3) is 0 Å². The molecule has 0 aliphatic heterocycles. The van der Waals surface area contributed by atoms with Gasteiger partial charge in [0.05, 0.1) is 0 Å². The number of rotatable bonds is 7. The van der Waals surface area contributed by atoms with Crippen molar-refractivity contribution >= 4 is 11.6 Å². The minimum atomic E-state index is 0.577. The molecule has 2 unspecified atom stereocenters. The third-order valence-electron chi connectivity index (χ3n) is 3.71. The fourth-order valence-electron chi connectivity index (χ4n) is 2.47. The second-order valence-corrected chi connectivity index (χ2v) is 5.39. The maximum absolute atomic E-state index is 5.54. The third-order valence-corrected chi connectivity index (χ3v) is 3.71. The summed E-state index contributed by atoms with van der Waals surface area (Å²) in [6, 6.07) is 0.577. The predicted octanol–water partition coefficient (Wildman–Crippen LogP) is 2.62. The molecule has 2 atom stereocenters. The summed E-state index contributed by atoms with van der Waals surface area (Å²) in [5, 5.41) is 3.55. The number of aryl methyl sites for hydroxylation is 1. The lowest BCUT2D eigenvalue weighted by Crippen LogP contribution is -2.16. The summed E-state index contributed by atoms with van der Waals surface area (Å²) in [6.45, 7) is 6.37. The molecule has 0 saturated heterocycles. The highest BCUT2D eigenvalue weighted by molar-refractivity contribution is 5.57. The summed E-state index contributed by atoms with van der Waals surface area (Å²) in [5.74, 6) is 8.87. The lowest BCUT2D eigenvalue weighted by molar-refractivity contribution is 0.691. The van der Waals surface area contributed by atoms with Crippen molar-refractivity contribution in [1.29, 1.82) is 0 Å². The van der Waals surface area contributed by atoms with Crippen LogP contribution in [0.5, 0.6) is 0 Å². The molecule has 1 aromatic heterocycles. The summed E-state index contributed by atoms with van der Waals surface area (Å²) < 4.78 is 0. The van der Waals surface area contributed by atoms with Gasteiger partial charge >= 0.3 is 0 Å². The molecule has 5 nitrogen and oxygen atoms in total. The maximum atomic E-state index is 5.54. The smallest absolute Gasteiger partial charge is 0.148 e. The van der Waals surface area contributed by atoms with Gasteiger partial charge in [0.25, 0.3) is 0 Å². The van der Waals surface area contributed by atoms with Crippen LogP contribution in [0.3, 0.4) is 0 Å². The monoisotopic (exact) mass is 263 g/mol. The van der Waals surface area contributed by atoms with Crippen molar-refractivity contribution < 1.29 is 0 Å². The number of nitrogens with two attached hydrogens (primary N) is 1. The highest BCUT2D eigenvalue weighted by Crippen LogP contribution is 2.37. The van der Waals surface area contributed by atoms with Crippen LogP contribution in [-0.4, -0.2) is 16.0 Å². The van der Waals surface area contributed by atoms with Gasteiger partial charge in [-0.05, 0) is 32.1 Å². The molecule has 1 aromatic rings. The van der Waals surface area contributed by atoms with Crippen molar-refractivity contribution in [3.63, 3.8) is 0 Å². The SMILES string of the molecule is CCCc1nc(NN)c(C)c(NC2CC2CCC)n1. The molecule has 5 heteroatoms. The molecule has 2 rings (SSSR count). The second-order valence-electron chi connectivity index (χ2n) is 5.39. The molecule has 19 heavy (non-hydrogen) atoms.